The number of hydrogen-bond donors (Lipinski definition) is 0. The molecule has 0 radical (unpaired) electrons. The van der Waals surface area contributed by atoms with Gasteiger partial charge in [-0.1, -0.05) is 18.2 Å². The quantitative estimate of drug-likeness (QED) is 0.769. The summed E-state index contributed by atoms with van der Waals surface area (Å²) in [4.78, 5) is 12.3. The summed E-state index contributed by atoms with van der Waals surface area (Å²) in [6.07, 6.45) is 1.08. The summed E-state index contributed by atoms with van der Waals surface area (Å²) in [7, 11) is 0. The van der Waals surface area contributed by atoms with Crippen molar-refractivity contribution in [3.63, 3.8) is 0 Å². The highest BCUT2D eigenvalue weighted by Crippen LogP contribution is 2.28. The van der Waals surface area contributed by atoms with Crippen molar-refractivity contribution < 1.29 is 4.74 Å². The van der Waals surface area contributed by atoms with Gasteiger partial charge in [-0.2, -0.15) is 0 Å². The van der Waals surface area contributed by atoms with E-state index >= 15 is 0 Å². The minimum absolute atomic E-state index is 0.713. The molecular formula is C23H32N4O. The van der Waals surface area contributed by atoms with E-state index in [1.165, 1.54) is 16.9 Å². The van der Waals surface area contributed by atoms with Crippen LogP contribution < -0.4 is 9.64 Å². The molecule has 5 nitrogen and oxygen atoms in total. The molecule has 2 aliphatic rings. The van der Waals surface area contributed by atoms with Gasteiger partial charge in [0.2, 0.25) is 0 Å². The third-order valence-corrected chi connectivity index (χ3v) is 5.88. The summed E-state index contributed by atoms with van der Waals surface area (Å²) < 4.78 is 5.81. The first-order chi connectivity index (χ1) is 13.7. The van der Waals surface area contributed by atoms with Crippen LogP contribution >= 0.6 is 0 Å². The minimum atomic E-state index is 0.713. The number of benzene rings is 1. The third kappa shape index (κ3) is 4.47. The average Bonchev–Trinajstić information content (AvgIpc) is 2.73. The molecule has 0 saturated carbocycles. The van der Waals surface area contributed by atoms with Crippen LogP contribution in [0, 0.1) is 6.92 Å². The molecular weight excluding hydrogens is 348 g/mol. The van der Waals surface area contributed by atoms with E-state index in [-0.39, 0.29) is 0 Å². The molecule has 1 aromatic heterocycles. The van der Waals surface area contributed by atoms with Crippen molar-refractivity contribution in [2.45, 2.75) is 26.8 Å². The lowest BCUT2D eigenvalue weighted by Crippen LogP contribution is -2.49. The van der Waals surface area contributed by atoms with Crippen molar-refractivity contribution in [2.24, 2.45) is 0 Å². The fourth-order valence-electron chi connectivity index (χ4n) is 4.27. The van der Waals surface area contributed by atoms with Gasteiger partial charge in [-0.15, -0.1) is 0 Å². The zero-order valence-electron chi connectivity index (χ0n) is 17.2. The predicted molar refractivity (Wildman–Crippen MR) is 114 cm³/mol. The summed E-state index contributed by atoms with van der Waals surface area (Å²) in [5.74, 6) is 1.01. The predicted octanol–water partition coefficient (Wildman–Crippen LogP) is 2.97. The Morgan fingerprint density at radius 1 is 0.929 bits per heavy atom. The molecule has 1 fully saturated rings. The van der Waals surface area contributed by atoms with Crippen molar-refractivity contribution in [2.75, 3.05) is 57.3 Å². The highest BCUT2D eigenvalue weighted by atomic mass is 16.5. The molecule has 1 aromatic carbocycles. The first-order valence-electron chi connectivity index (χ1n) is 10.6. The average molecular weight is 381 g/mol. The molecule has 0 bridgehead atoms. The van der Waals surface area contributed by atoms with Crippen molar-refractivity contribution in [1.29, 1.82) is 0 Å². The summed E-state index contributed by atoms with van der Waals surface area (Å²) in [5.41, 5.74) is 5.09. The van der Waals surface area contributed by atoms with E-state index in [1.54, 1.807) is 0 Å². The molecule has 4 rings (SSSR count). The van der Waals surface area contributed by atoms with Gasteiger partial charge >= 0.3 is 0 Å². The normalized spacial score (nSPS) is 18.1. The van der Waals surface area contributed by atoms with Gasteiger partial charge in [0.05, 0.1) is 12.3 Å². The lowest BCUT2D eigenvalue weighted by Gasteiger charge is -2.38. The van der Waals surface area contributed by atoms with E-state index in [4.69, 9.17) is 9.72 Å². The molecule has 0 atom stereocenters. The van der Waals surface area contributed by atoms with Gasteiger partial charge in [-0.05, 0) is 37.6 Å². The Morgan fingerprint density at radius 3 is 2.54 bits per heavy atom. The molecule has 150 valence electrons. The van der Waals surface area contributed by atoms with Gasteiger partial charge in [0, 0.05) is 70.2 Å². The van der Waals surface area contributed by atoms with Crippen molar-refractivity contribution >= 4 is 5.69 Å². The zero-order valence-corrected chi connectivity index (χ0v) is 17.2. The van der Waals surface area contributed by atoms with Crippen LogP contribution in [0.1, 0.15) is 23.9 Å². The summed E-state index contributed by atoms with van der Waals surface area (Å²) in [6, 6.07) is 12.8. The fourth-order valence-corrected chi connectivity index (χ4v) is 4.27. The van der Waals surface area contributed by atoms with E-state index in [0.717, 1.165) is 70.2 Å². The van der Waals surface area contributed by atoms with Gasteiger partial charge in [-0.3, -0.25) is 14.8 Å². The van der Waals surface area contributed by atoms with Crippen LogP contribution in [0.25, 0.3) is 0 Å². The first-order valence-corrected chi connectivity index (χ1v) is 10.6. The largest absolute Gasteiger partial charge is 0.492 e. The molecule has 0 spiro atoms. The number of anilines is 1. The van der Waals surface area contributed by atoms with Gasteiger partial charge < -0.3 is 9.64 Å². The number of rotatable bonds is 6. The van der Waals surface area contributed by atoms with Crippen LogP contribution in [0.15, 0.2) is 36.4 Å². The van der Waals surface area contributed by atoms with Crippen molar-refractivity contribution in [1.82, 2.24) is 14.8 Å². The fraction of sp³-hybridized carbons (Fsp3) is 0.522. The molecule has 0 aliphatic carbocycles. The Bertz CT molecular complexity index is 786. The number of fused-ring (bicyclic) bond motifs is 1. The van der Waals surface area contributed by atoms with Gasteiger partial charge in [0.15, 0.2) is 0 Å². The standard InChI is InChI=1S/C23H32N4O/c1-3-28-23-7-5-4-6-22(23)27-16-14-25(15-17-27)12-13-26-11-10-21-20(18-26)9-8-19(2)24-21/h4-9H,3,10-18H2,1-2H3. The first kappa shape index (κ1) is 19.2. The van der Waals surface area contributed by atoms with E-state index in [1.807, 2.05) is 6.92 Å². The van der Waals surface area contributed by atoms with Crippen LogP contribution in [-0.2, 0) is 13.0 Å². The number of para-hydroxylation sites is 2. The minimum Gasteiger partial charge on any atom is -0.492 e. The number of aromatic nitrogens is 1. The Labute approximate surface area is 168 Å². The topological polar surface area (TPSA) is 31.8 Å². The maximum atomic E-state index is 5.81. The second-order valence-electron chi connectivity index (χ2n) is 7.81. The highest BCUT2D eigenvalue weighted by molar-refractivity contribution is 5.58. The Morgan fingerprint density at radius 2 is 1.71 bits per heavy atom. The Hall–Kier alpha value is -2.11. The van der Waals surface area contributed by atoms with Crippen LogP contribution in [0.5, 0.6) is 5.75 Å². The van der Waals surface area contributed by atoms with E-state index < -0.39 is 0 Å². The molecule has 28 heavy (non-hydrogen) atoms. The summed E-state index contributed by atoms with van der Waals surface area (Å²) >= 11 is 0. The second-order valence-corrected chi connectivity index (χ2v) is 7.81. The van der Waals surface area contributed by atoms with Crippen LogP contribution in [0.4, 0.5) is 5.69 Å². The molecule has 1 saturated heterocycles. The number of pyridine rings is 1. The SMILES string of the molecule is CCOc1ccccc1N1CCN(CCN2CCc3nc(C)ccc3C2)CC1. The highest BCUT2D eigenvalue weighted by Gasteiger charge is 2.21. The van der Waals surface area contributed by atoms with Gasteiger partial charge in [0.1, 0.15) is 5.75 Å². The third-order valence-electron chi connectivity index (χ3n) is 5.88. The van der Waals surface area contributed by atoms with Crippen LogP contribution in [-0.4, -0.2) is 67.2 Å². The zero-order chi connectivity index (χ0) is 19.3. The molecule has 0 amide bonds. The van der Waals surface area contributed by atoms with E-state index in [9.17, 15) is 0 Å². The molecule has 3 heterocycles. The van der Waals surface area contributed by atoms with E-state index in [0.29, 0.717) is 6.61 Å². The molecule has 0 unspecified atom stereocenters. The second kappa shape index (κ2) is 8.93. The molecule has 2 aromatic rings. The number of ether oxygens (including phenoxy) is 1. The molecule has 5 heteroatoms. The lowest BCUT2D eigenvalue weighted by molar-refractivity contribution is 0.185. The number of hydrogen-bond acceptors (Lipinski definition) is 5. The Kier molecular flexibility index (Phi) is 6.13. The van der Waals surface area contributed by atoms with Gasteiger partial charge in [-0.25, -0.2) is 0 Å². The lowest BCUT2D eigenvalue weighted by atomic mass is 10.1. The smallest absolute Gasteiger partial charge is 0.142 e. The molecule has 2 aliphatic heterocycles. The van der Waals surface area contributed by atoms with Crippen molar-refractivity contribution in [3.8, 4) is 5.75 Å². The maximum Gasteiger partial charge on any atom is 0.142 e. The number of aryl methyl sites for hydroxylation is 1. The summed E-state index contributed by atoms with van der Waals surface area (Å²) in [5, 5.41) is 0. The van der Waals surface area contributed by atoms with Crippen LogP contribution in [0.3, 0.4) is 0 Å². The van der Waals surface area contributed by atoms with Gasteiger partial charge in [0.25, 0.3) is 0 Å². The summed E-state index contributed by atoms with van der Waals surface area (Å²) in [6.45, 7) is 13.7. The van der Waals surface area contributed by atoms with E-state index in [2.05, 4.69) is 58.0 Å². The number of nitrogens with zero attached hydrogens (tertiary/aromatic N) is 4. The monoisotopic (exact) mass is 380 g/mol. The number of piperazine rings is 1. The van der Waals surface area contributed by atoms with Crippen molar-refractivity contribution in [3.05, 3.63) is 53.3 Å². The maximum absolute atomic E-state index is 5.81. The van der Waals surface area contributed by atoms with Crippen LogP contribution in [0.2, 0.25) is 0 Å². The molecule has 0 N–H and O–H groups in total. The Balaban J connectivity index is 1.26.